The molecule has 1 aliphatic rings. The quantitative estimate of drug-likeness (QED) is 0.766. The lowest BCUT2D eigenvalue weighted by atomic mass is 9.77. The Morgan fingerprint density at radius 1 is 1.33 bits per heavy atom. The van der Waals surface area contributed by atoms with Crippen LogP contribution in [-0.4, -0.2) is 23.5 Å². The molecule has 1 atom stereocenters. The Balaban J connectivity index is 2.38. The molecule has 0 saturated heterocycles. The van der Waals surface area contributed by atoms with E-state index in [4.69, 9.17) is 5.11 Å². The summed E-state index contributed by atoms with van der Waals surface area (Å²) in [6.07, 6.45) is 4.96. The fourth-order valence-corrected chi connectivity index (χ4v) is 2.70. The number of carboxylic acid groups (broad SMARTS) is 1. The van der Waals surface area contributed by atoms with Crippen LogP contribution in [0.3, 0.4) is 0 Å². The van der Waals surface area contributed by atoms with Crippen molar-refractivity contribution in [2.75, 3.05) is 6.54 Å². The molecular weight excluding hydrogens is 230 g/mol. The van der Waals surface area contributed by atoms with Gasteiger partial charge in [0.15, 0.2) is 0 Å². The van der Waals surface area contributed by atoms with Gasteiger partial charge in [-0.2, -0.15) is 0 Å². The second kappa shape index (κ2) is 6.21. The maximum absolute atomic E-state index is 11.8. The van der Waals surface area contributed by atoms with Gasteiger partial charge in [-0.15, -0.1) is 0 Å². The summed E-state index contributed by atoms with van der Waals surface area (Å²) in [6, 6.07) is 0. The van der Waals surface area contributed by atoms with Gasteiger partial charge >= 0.3 is 5.97 Å². The van der Waals surface area contributed by atoms with Crippen molar-refractivity contribution in [3.63, 3.8) is 0 Å². The third-order valence-electron chi connectivity index (χ3n) is 4.11. The highest BCUT2D eigenvalue weighted by atomic mass is 16.4. The van der Waals surface area contributed by atoms with Gasteiger partial charge < -0.3 is 10.4 Å². The van der Waals surface area contributed by atoms with Crippen LogP contribution in [-0.2, 0) is 9.59 Å². The van der Waals surface area contributed by atoms with E-state index in [1.54, 1.807) is 6.92 Å². The SMILES string of the molecule is CC(CC(=O)O)C(=O)NCC(C)(C)C1CCCC1. The molecule has 1 fully saturated rings. The normalized spacial score (nSPS) is 18.6. The summed E-state index contributed by atoms with van der Waals surface area (Å²) < 4.78 is 0. The number of carboxylic acids is 1. The third kappa shape index (κ3) is 4.31. The van der Waals surface area contributed by atoms with Gasteiger partial charge in [-0.1, -0.05) is 33.6 Å². The Kier molecular flexibility index (Phi) is 5.17. The summed E-state index contributed by atoms with van der Waals surface area (Å²) in [7, 11) is 0. The number of hydrogen-bond acceptors (Lipinski definition) is 2. The fraction of sp³-hybridized carbons (Fsp3) is 0.857. The molecule has 104 valence electrons. The molecule has 0 aromatic carbocycles. The Bertz CT molecular complexity index is 306. The molecule has 1 aliphatic carbocycles. The molecule has 0 bridgehead atoms. The number of aliphatic carboxylic acids is 1. The van der Waals surface area contributed by atoms with Crippen LogP contribution in [0.4, 0.5) is 0 Å². The van der Waals surface area contributed by atoms with E-state index in [2.05, 4.69) is 19.2 Å². The van der Waals surface area contributed by atoms with Crippen LogP contribution in [0.1, 0.15) is 52.9 Å². The van der Waals surface area contributed by atoms with Crippen molar-refractivity contribution >= 4 is 11.9 Å². The minimum atomic E-state index is -0.923. The summed E-state index contributed by atoms with van der Waals surface area (Å²) in [5, 5.41) is 11.6. The van der Waals surface area contributed by atoms with E-state index >= 15 is 0 Å². The summed E-state index contributed by atoms with van der Waals surface area (Å²) in [6.45, 7) is 6.67. The molecule has 0 aromatic rings. The topological polar surface area (TPSA) is 66.4 Å². The van der Waals surface area contributed by atoms with Crippen molar-refractivity contribution in [2.45, 2.75) is 52.9 Å². The monoisotopic (exact) mass is 255 g/mol. The van der Waals surface area contributed by atoms with E-state index in [0.29, 0.717) is 12.5 Å². The van der Waals surface area contributed by atoms with Crippen molar-refractivity contribution in [1.82, 2.24) is 5.32 Å². The maximum Gasteiger partial charge on any atom is 0.304 e. The Morgan fingerprint density at radius 2 is 1.89 bits per heavy atom. The first-order chi connectivity index (χ1) is 8.33. The first-order valence-corrected chi connectivity index (χ1v) is 6.82. The van der Waals surface area contributed by atoms with Crippen LogP contribution < -0.4 is 5.32 Å². The van der Waals surface area contributed by atoms with Crippen molar-refractivity contribution in [2.24, 2.45) is 17.3 Å². The number of nitrogens with one attached hydrogen (secondary N) is 1. The highest BCUT2D eigenvalue weighted by Gasteiger charge is 2.32. The van der Waals surface area contributed by atoms with Gasteiger partial charge in [-0.3, -0.25) is 9.59 Å². The highest BCUT2D eigenvalue weighted by molar-refractivity contribution is 5.82. The van der Waals surface area contributed by atoms with Crippen molar-refractivity contribution in [3.8, 4) is 0 Å². The van der Waals surface area contributed by atoms with E-state index in [-0.39, 0.29) is 17.7 Å². The lowest BCUT2D eigenvalue weighted by Gasteiger charge is -2.32. The molecule has 4 nitrogen and oxygen atoms in total. The molecule has 1 rings (SSSR count). The lowest BCUT2D eigenvalue weighted by Crippen LogP contribution is -2.40. The maximum atomic E-state index is 11.8. The molecule has 1 saturated carbocycles. The molecule has 0 heterocycles. The van der Waals surface area contributed by atoms with Crippen LogP contribution in [0.5, 0.6) is 0 Å². The van der Waals surface area contributed by atoms with Gasteiger partial charge in [0.2, 0.25) is 5.91 Å². The Hall–Kier alpha value is -1.06. The number of hydrogen-bond donors (Lipinski definition) is 2. The van der Waals surface area contributed by atoms with Gasteiger partial charge in [0.05, 0.1) is 6.42 Å². The number of carbonyl (C=O) groups excluding carboxylic acids is 1. The van der Waals surface area contributed by atoms with Gasteiger partial charge in [0.25, 0.3) is 0 Å². The first kappa shape index (κ1) is 15.0. The molecule has 18 heavy (non-hydrogen) atoms. The Morgan fingerprint density at radius 3 is 2.39 bits per heavy atom. The van der Waals surface area contributed by atoms with E-state index in [1.807, 2.05) is 0 Å². The summed E-state index contributed by atoms with van der Waals surface area (Å²) >= 11 is 0. The first-order valence-electron chi connectivity index (χ1n) is 6.82. The van der Waals surface area contributed by atoms with Gasteiger partial charge in [-0.25, -0.2) is 0 Å². The number of rotatable bonds is 6. The average Bonchev–Trinajstić information content (AvgIpc) is 2.78. The molecule has 0 radical (unpaired) electrons. The van der Waals surface area contributed by atoms with Crippen LogP contribution in [0.25, 0.3) is 0 Å². The average molecular weight is 255 g/mol. The summed E-state index contributed by atoms with van der Waals surface area (Å²) in [5.41, 5.74) is 0.106. The third-order valence-corrected chi connectivity index (χ3v) is 4.11. The highest BCUT2D eigenvalue weighted by Crippen LogP contribution is 2.39. The summed E-state index contributed by atoms with van der Waals surface area (Å²) in [4.78, 5) is 22.3. The molecule has 2 N–H and O–H groups in total. The van der Waals surface area contributed by atoms with Crippen LogP contribution in [0, 0.1) is 17.3 Å². The van der Waals surface area contributed by atoms with Crippen LogP contribution >= 0.6 is 0 Å². The predicted octanol–water partition coefficient (Wildman–Crippen LogP) is 2.43. The molecule has 4 heteroatoms. The number of carbonyl (C=O) groups is 2. The Labute approximate surface area is 109 Å². The smallest absolute Gasteiger partial charge is 0.304 e. The fourth-order valence-electron chi connectivity index (χ4n) is 2.70. The lowest BCUT2D eigenvalue weighted by molar-refractivity contribution is -0.140. The van der Waals surface area contributed by atoms with Gasteiger partial charge in [-0.05, 0) is 24.2 Å². The van der Waals surface area contributed by atoms with E-state index in [9.17, 15) is 9.59 Å². The zero-order valence-electron chi connectivity index (χ0n) is 11.7. The van der Waals surface area contributed by atoms with Gasteiger partial charge in [0, 0.05) is 12.5 Å². The largest absolute Gasteiger partial charge is 0.481 e. The number of amides is 1. The molecule has 1 amide bonds. The second-order valence-corrected chi connectivity index (χ2v) is 6.19. The van der Waals surface area contributed by atoms with Gasteiger partial charge in [0.1, 0.15) is 0 Å². The van der Waals surface area contributed by atoms with Crippen LogP contribution in [0.2, 0.25) is 0 Å². The summed E-state index contributed by atoms with van der Waals surface area (Å²) in [5.74, 6) is -0.856. The minimum Gasteiger partial charge on any atom is -0.481 e. The minimum absolute atomic E-state index is 0.101. The molecular formula is C14H25NO3. The zero-order valence-corrected chi connectivity index (χ0v) is 11.7. The molecule has 0 spiro atoms. The predicted molar refractivity (Wildman–Crippen MR) is 70.2 cm³/mol. The molecule has 0 aromatic heterocycles. The van der Waals surface area contributed by atoms with E-state index < -0.39 is 11.9 Å². The standard InChI is InChI=1S/C14H25NO3/c1-10(8-12(16)17)13(18)15-9-14(2,3)11-6-4-5-7-11/h10-11H,4-9H2,1-3H3,(H,15,18)(H,16,17). The molecule has 1 unspecified atom stereocenters. The second-order valence-electron chi connectivity index (χ2n) is 6.19. The van der Waals surface area contributed by atoms with Crippen molar-refractivity contribution < 1.29 is 14.7 Å². The van der Waals surface area contributed by atoms with Crippen molar-refractivity contribution in [1.29, 1.82) is 0 Å². The van der Waals surface area contributed by atoms with Crippen molar-refractivity contribution in [3.05, 3.63) is 0 Å². The van der Waals surface area contributed by atoms with E-state index in [1.165, 1.54) is 25.7 Å². The van der Waals surface area contributed by atoms with Crippen LogP contribution in [0.15, 0.2) is 0 Å². The van der Waals surface area contributed by atoms with E-state index in [0.717, 1.165) is 0 Å². The zero-order chi connectivity index (χ0) is 13.8. The molecule has 0 aliphatic heterocycles.